The summed E-state index contributed by atoms with van der Waals surface area (Å²) in [6, 6.07) is 0.618. The Hall–Kier alpha value is -1.51. The van der Waals surface area contributed by atoms with Crippen LogP contribution in [0.15, 0.2) is 10.9 Å². The van der Waals surface area contributed by atoms with Crippen molar-refractivity contribution in [2.24, 2.45) is 0 Å². The molecule has 1 saturated carbocycles. The van der Waals surface area contributed by atoms with Gasteiger partial charge in [0.2, 0.25) is 5.91 Å². The van der Waals surface area contributed by atoms with E-state index in [0.717, 1.165) is 37.4 Å². The van der Waals surface area contributed by atoms with E-state index in [1.807, 2.05) is 0 Å². The molecule has 0 saturated heterocycles. The Labute approximate surface area is 135 Å². The van der Waals surface area contributed by atoms with Crippen molar-refractivity contribution < 1.29 is 18.0 Å². The van der Waals surface area contributed by atoms with Crippen LogP contribution >= 0.6 is 11.8 Å². The molecule has 1 aromatic heterocycles. The van der Waals surface area contributed by atoms with Crippen LogP contribution in [0.5, 0.6) is 0 Å². The van der Waals surface area contributed by atoms with Crippen LogP contribution in [0.25, 0.3) is 0 Å². The molecule has 9 heteroatoms. The highest BCUT2D eigenvalue weighted by Gasteiger charge is 2.33. The standard InChI is InChI=1S/C14H18F3N3O2S/c15-14(16,17)10-6-12(21)20-11(19-10)7-23-8-13(22)18-9-4-2-1-3-5-9/h6,9H,1-5,7-8H2,(H,18,22)(H,19,20,21). The predicted octanol–water partition coefficient (Wildman–Crippen LogP) is 2.47. The van der Waals surface area contributed by atoms with Crippen LogP contribution < -0.4 is 10.9 Å². The zero-order valence-corrected chi connectivity index (χ0v) is 13.2. The zero-order valence-electron chi connectivity index (χ0n) is 12.4. The van der Waals surface area contributed by atoms with E-state index in [2.05, 4.69) is 15.3 Å². The smallest absolute Gasteiger partial charge is 0.353 e. The molecular formula is C14H18F3N3O2S. The van der Waals surface area contributed by atoms with E-state index in [-0.39, 0.29) is 29.3 Å². The van der Waals surface area contributed by atoms with Crippen molar-refractivity contribution in [2.45, 2.75) is 50.1 Å². The van der Waals surface area contributed by atoms with E-state index >= 15 is 0 Å². The van der Waals surface area contributed by atoms with Gasteiger partial charge < -0.3 is 10.3 Å². The van der Waals surface area contributed by atoms with Gasteiger partial charge >= 0.3 is 6.18 Å². The number of carbonyl (C=O) groups excluding carboxylic acids is 1. The van der Waals surface area contributed by atoms with Crippen molar-refractivity contribution in [3.63, 3.8) is 0 Å². The minimum Gasteiger partial charge on any atom is -0.353 e. The second-order valence-corrected chi connectivity index (χ2v) is 6.46. The minimum absolute atomic E-state index is 0.0389. The predicted molar refractivity (Wildman–Crippen MR) is 81.0 cm³/mol. The van der Waals surface area contributed by atoms with Crippen LogP contribution in [0.4, 0.5) is 13.2 Å². The van der Waals surface area contributed by atoms with E-state index in [1.54, 1.807) is 0 Å². The molecule has 0 spiro atoms. The third-order valence-electron chi connectivity index (χ3n) is 3.52. The first-order valence-electron chi connectivity index (χ1n) is 7.39. The summed E-state index contributed by atoms with van der Waals surface area (Å²) >= 11 is 1.12. The van der Waals surface area contributed by atoms with Crippen LogP contribution in [0.2, 0.25) is 0 Å². The number of aromatic nitrogens is 2. The lowest BCUT2D eigenvalue weighted by molar-refractivity contribution is -0.141. The van der Waals surface area contributed by atoms with Crippen LogP contribution in [-0.2, 0) is 16.7 Å². The Kier molecular flexibility index (Phi) is 6.09. The molecule has 0 unspecified atom stereocenters. The fourth-order valence-electron chi connectivity index (χ4n) is 2.48. The monoisotopic (exact) mass is 349 g/mol. The van der Waals surface area contributed by atoms with Crippen LogP contribution in [0, 0.1) is 0 Å². The molecule has 1 aliphatic rings. The Morgan fingerprint density at radius 3 is 2.70 bits per heavy atom. The molecule has 1 aliphatic carbocycles. The van der Waals surface area contributed by atoms with Gasteiger partial charge in [0.25, 0.3) is 5.56 Å². The number of nitrogens with one attached hydrogen (secondary N) is 2. The number of rotatable bonds is 5. The third kappa shape index (κ3) is 5.89. The molecule has 2 rings (SSSR count). The molecular weight excluding hydrogens is 331 g/mol. The summed E-state index contributed by atoms with van der Waals surface area (Å²) in [5, 5.41) is 2.92. The Balaban J connectivity index is 1.82. The first-order chi connectivity index (χ1) is 10.8. The summed E-state index contributed by atoms with van der Waals surface area (Å²) in [4.78, 5) is 28.7. The van der Waals surface area contributed by atoms with Gasteiger partial charge in [0, 0.05) is 12.1 Å². The average Bonchev–Trinajstić information content (AvgIpc) is 2.47. The second-order valence-electron chi connectivity index (χ2n) is 5.47. The number of nitrogens with zero attached hydrogens (tertiary/aromatic N) is 1. The summed E-state index contributed by atoms with van der Waals surface area (Å²) in [6.45, 7) is 0. The topological polar surface area (TPSA) is 74.8 Å². The summed E-state index contributed by atoms with van der Waals surface area (Å²) in [5.74, 6) is -0.0650. The number of thioether (sulfide) groups is 1. The molecule has 0 bridgehead atoms. The van der Waals surface area contributed by atoms with E-state index < -0.39 is 17.4 Å². The maximum Gasteiger partial charge on any atom is 0.433 e. The van der Waals surface area contributed by atoms with Crippen molar-refractivity contribution in [2.75, 3.05) is 5.75 Å². The molecule has 0 atom stereocenters. The maximum atomic E-state index is 12.6. The molecule has 0 radical (unpaired) electrons. The van der Waals surface area contributed by atoms with Crippen LogP contribution in [0.3, 0.4) is 0 Å². The van der Waals surface area contributed by atoms with Gasteiger partial charge in [-0.15, -0.1) is 11.8 Å². The molecule has 1 amide bonds. The number of carbonyl (C=O) groups is 1. The summed E-state index contributed by atoms with van der Waals surface area (Å²) < 4.78 is 37.7. The normalized spacial score (nSPS) is 16.3. The SMILES string of the molecule is O=C(CSCc1nc(C(F)(F)F)cc(=O)[nH]1)NC1CCCCC1. The first-order valence-corrected chi connectivity index (χ1v) is 8.54. The van der Waals surface area contributed by atoms with Gasteiger partial charge in [0.05, 0.1) is 11.5 Å². The summed E-state index contributed by atoms with van der Waals surface area (Å²) in [5.41, 5.74) is -2.07. The number of hydrogen-bond donors (Lipinski definition) is 2. The lowest BCUT2D eigenvalue weighted by Crippen LogP contribution is -2.37. The van der Waals surface area contributed by atoms with Crippen molar-refractivity contribution in [1.29, 1.82) is 0 Å². The van der Waals surface area contributed by atoms with Crippen molar-refractivity contribution >= 4 is 17.7 Å². The number of H-pyrrole nitrogens is 1. The number of aromatic amines is 1. The highest BCUT2D eigenvalue weighted by molar-refractivity contribution is 7.99. The number of amides is 1. The first kappa shape index (κ1) is 17.8. The van der Waals surface area contributed by atoms with Gasteiger partial charge in [0.1, 0.15) is 5.82 Å². The lowest BCUT2D eigenvalue weighted by atomic mass is 9.95. The van der Waals surface area contributed by atoms with Gasteiger partial charge in [-0.1, -0.05) is 19.3 Å². The number of hydrogen-bond acceptors (Lipinski definition) is 4. The maximum absolute atomic E-state index is 12.6. The summed E-state index contributed by atoms with van der Waals surface area (Å²) in [6.07, 6.45) is 0.681. The second kappa shape index (κ2) is 7.85. The molecule has 0 aromatic carbocycles. The molecule has 23 heavy (non-hydrogen) atoms. The van der Waals surface area contributed by atoms with E-state index in [1.165, 1.54) is 6.42 Å². The lowest BCUT2D eigenvalue weighted by Gasteiger charge is -2.22. The van der Waals surface area contributed by atoms with Gasteiger partial charge in [-0.05, 0) is 12.8 Å². The highest BCUT2D eigenvalue weighted by Crippen LogP contribution is 2.26. The Bertz CT molecular complexity index is 598. The number of halogens is 3. The van der Waals surface area contributed by atoms with E-state index in [4.69, 9.17) is 0 Å². The van der Waals surface area contributed by atoms with Gasteiger partial charge in [-0.25, -0.2) is 4.98 Å². The van der Waals surface area contributed by atoms with Crippen LogP contribution in [0.1, 0.15) is 43.6 Å². The molecule has 0 aliphatic heterocycles. The number of alkyl halides is 3. The fraction of sp³-hybridized carbons (Fsp3) is 0.643. The van der Waals surface area contributed by atoms with E-state index in [0.29, 0.717) is 6.07 Å². The largest absolute Gasteiger partial charge is 0.433 e. The molecule has 5 nitrogen and oxygen atoms in total. The fourth-order valence-corrected chi connectivity index (χ4v) is 3.18. The van der Waals surface area contributed by atoms with Crippen molar-refractivity contribution in [1.82, 2.24) is 15.3 Å². The van der Waals surface area contributed by atoms with Gasteiger partial charge in [-0.2, -0.15) is 13.2 Å². The molecule has 2 N–H and O–H groups in total. The highest BCUT2D eigenvalue weighted by atomic mass is 32.2. The van der Waals surface area contributed by atoms with Gasteiger partial charge in [0.15, 0.2) is 5.69 Å². The van der Waals surface area contributed by atoms with Crippen molar-refractivity contribution in [3.05, 3.63) is 27.9 Å². The Morgan fingerprint density at radius 1 is 1.35 bits per heavy atom. The quantitative estimate of drug-likeness (QED) is 0.856. The zero-order chi connectivity index (χ0) is 16.9. The van der Waals surface area contributed by atoms with Crippen LogP contribution in [-0.4, -0.2) is 27.7 Å². The van der Waals surface area contributed by atoms with E-state index in [9.17, 15) is 22.8 Å². The Morgan fingerprint density at radius 2 is 2.04 bits per heavy atom. The summed E-state index contributed by atoms with van der Waals surface area (Å²) in [7, 11) is 0. The molecule has 1 heterocycles. The molecule has 128 valence electrons. The molecule has 1 aromatic rings. The van der Waals surface area contributed by atoms with Crippen molar-refractivity contribution in [3.8, 4) is 0 Å². The average molecular weight is 349 g/mol. The third-order valence-corrected chi connectivity index (χ3v) is 4.47. The molecule has 1 fully saturated rings. The van der Waals surface area contributed by atoms with Gasteiger partial charge in [-0.3, -0.25) is 9.59 Å². The minimum atomic E-state index is -4.66.